The van der Waals surface area contributed by atoms with Crippen molar-refractivity contribution >= 4 is 11.8 Å². The van der Waals surface area contributed by atoms with E-state index in [1.165, 1.54) is 14.0 Å². The Labute approximate surface area is 81.9 Å². The van der Waals surface area contributed by atoms with Crippen LogP contribution in [0.15, 0.2) is 18.3 Å². The van der Waals surface area contributed by atoms with Crippen molar-refractivity contribution in [2.24, 2.45) is 0 Å². The lowest BCUT2D eigenvalue weighted by molar-refractivity contribution is -0.116. The van der Waals surface area contributed by atoms with Gasteiger partial charge in [-0.3, -0.25) is 9.78 Å². The van der Waals surface area contributed by atoms with Crippen LogP contribution in [-0.2, 0) is 16.0 Å². The highest BCUT2D eigenvalue weighted by molar-refractivity contribution is 5.92. The summed E-state index contributed by atoms with van der Waals surface area (Å²) in [4.78, 5) is 26.1. The Balaban J connectivity index is 3.02. The highest BCUT2D eigenvalue weighted by atomic mass is 16.5. The average molecular weight is 193 g/mol. The first-order chi connectivity index (χ1) is 6.65. The number of carbonyl (C=O) groups is 2. The molecule has 1 rings (SSSR count). The maximum Gasteiger partial charge on any atom is 0.339 e. The van der Waals surface area contributed by atoms with Crippen LogP contribution in [0.5, 0.6) is 0 Å². The Morgan fingerprint density at radius 3 is 2.79 bits per heavy atom. The lowest BCUT2D eigenvalue weighted by Gasteiger charge is -2.03. The third kappa shape index (κ3) is 2.39. The fraction of sp³-hybridized carbons (Fsp3) is 0.300. The molecule has 74 valence electrons. The molecule has 0 aliphatic carbocycles. The molecule has 0 atom stereocenters. The molecule has 0 N–H and O–H groups in total. The molecule has 0 fully saturated rings. The van der Waals surface area contributed by atoms with E-state index < -0.39 is 5.97 Å². The molecule has 4 nitrogen and oxygen atoms in total. The summed E-state index contributed by atoms with van der Waals surface area (Å²) < 4.78 is 4.57. The lowest BCUT2D eigenvalue weighted by atomic mass is 10.1. The van der Waals surface area contributed by atoms with E-state index in [4.69, 9.17) is 0 Å². The molecule has 0 bridgehead atoms. The Kier molecular flexibility index (Phi) is 3.34. The van der Waals surface area contributed by atoms with Gasteiger partial charge in [0.25, 0.3) is 0 Å². The van der Waals surface area contributed by atoms with Crippen molar-refractivity contribution in [1.82, 2.24) is 4.98 Å². The van der Waals surface area contributed by atoms with Crippen LogP contribution in [0.3, 0.4) is 0 Å². The monoisotopic (exact) mass is 193 g/mol. The minimum absolute atomic E-state index is 0.0335. The average Bonchev–Trinajstić information content (AvgIpc) is 2.16. The largest absolute Gasteiger partial charge is 0.465 e. The number of esters is 1. The molecule has 0 unspecified atom stereocenters. The highest BCUT2D eigenvalue weighted by Gasteiger charge is 2.13. The van der Waals surface area contributed by atoms with Crippen molar-refractivity contribution in [1.29, 1.82) is 0 Å². The van der Waals surface area contributed by atoms with E-state index in [-0.39, 0.29) is 12.2 Å². The molecule has 0 spiro atoms. The number of nitrogens with zero attached hydrogens (tertiary/aromatic N) is 1. The van der Waals surface area contributed by atoms with Crippen molar-refractivity contribution in [3.05, 3.63) is 29.6 Å². The van der Waals surface area contributed by atoms with Crippen LogP contribution in [0.4, 0.5) is 0 Å². The molecule has 1 heterocycles. The molecule has 0 aliphatic heterocycles. The maximum atomic E-state index is 11.2. The molecular weight excluding hydrogens is 182 g/mol. The SMILES string of the molecule is COC(=O)c1cccnc1CC(C)=O. The third-order valence-electron chi connectivity index (χ3n) is 1.71. The number of carbonyl (C=O) groups excluding carboxylic acids is 2. The van der Waals surface area contributed by atoms with E-state index in [2.05, 4.69) is 9.72 Å². The number of methoxy groups -OCH3 is 1. The van der Waals surface area contributed by atoms with Crippen molar-refractivity contribution in [2.75, 3.05) is 7.11 Å². The van der Waals surface area contributed by atoms with Gasteiger partial charge in [0.1, 0.15) is 5.78 Å². The van der Waals surface area contributed by atoms with Crippen LogP contribution in [-0.4, -0.2) is 23.8 Å². The van der Waals surface area contributed by atoms with Gasteiger partial charge in [0, 0.05) is 12.6 Å². The molecule has 0 amide bonds. The summed E-state index contributed by atoms with van der Waals surface area (Å²) >= 11 is 0. The zero-order valence-electron chi connectivity index (χ0n) is 8.11. The molecule has 1 aromatic heterocycles. The first-order valence-corrected chi connectivity index (χ1v) is 4.16. The number of ether oxygens (including phenoxy) is 1. The normalized spacial score (nSPS) is 9.57. The zero-order valence-corrected chi connectivity index (χ0v) is 8.11. The second-order valence-corrected chi connectivity index (χ2v) is 2.87. The van der Waals surface area contributed by atoms with E-state index in [1.807, 2.05) is 0 Å². The smallest absolute Gasteiger partial charge is 0.339 e. The van der Waals surface area contributed by atoms with Crippen molar-refractivity contribution in [2.45, 2.75) is 13.3 Å². The van der Waals surface area contributed by atoms with Gasteiger partial charge in [-0.1, -0.05) is 0 Å². The van der Waals surface area contributed by atoms with Gasteiger partial charge in [-0.05, 0) is 19.1 Å². The van der Waals surface area contributed by atoms with Gasteiger partial charge in [-0.15, -0.1) is 0 Å². The van der Waals surface area contributed by atoms with Gasteiger partial charge in [0.05, 0.1) is 18.4 Å². The van der Waals surface area contributed by atoms with Gasteiger partial charge in [0.2, 0.25) is 0 Å². The summed E-state index contributed by atoms with van der Waals surface area (Å²) in [6.07, 6.45) is 1.70. The maximum absolute atomic E-state index is 11.2. The highest BCUT2D eigenvalue weighted by Crippen LogP contribution is 2.07. The summed E-state index contributed by atoms with van der Waals surface area (Å²) in [7, 11) is 1.30. The fourth-order valence-corrected chi connectivity index (χ4v) is 1.11. The van der Waals surface area contributed by atoms with Gasteiger partial charge in [0.15, 0.2) is 0 Å². The van der Waals surface area contributed by atoms with Crippen LogP contribution in [0.2, 0.25) is 0 Å². The van der Waals surface area contributed by atoms with Gasteiger partial charge < -0.3 is 4.74 Å². The lowest BCUT2D eigenvalue weighted by Crippen LogP contribution is -2.10. The van der Waals surface area contributed by atoms with Crippen LogP contribution in [0.25, 0.3) is 0 Å². The summed E-state index contributed by atoms with van der Waals surface area (Å²) in [6, 6.07) is 3.23. The van der Waals surface area contributed by atoms with E-state index >= 15 is 0 Å². The summed E-state index contributed by atoms with van der Waals surface area (Å²) in [5.74, 6) is -0.497. The van der Waals surface area contributed by atoms with Gasteiger partial charge in [-0.25, -0.2) is 4.79 Å². The van der Waals surface area contributed by atoms with Crippen LogP contribution < -0.4 is 0 Å². The van der Waals surface area contributed by atoms with E-state index in [0.717, 1.165) is 0 Å². The molecule has 14 heavy (non-hydrogen) atoms. The van der Waals surface area contributed by atoms with Crippen LogP contribution in [0, 0.1) is 0 Å². The first kappa shape index (κ1) is 10.4. The molecule has 0 aliphatic rings. The molecule has 0 radical (unpaired) electrons. The molecule has 1 aromatic rings. The molecule has 0 saturated heterocycles. The van der Waals surface area contributed by atoms with Crippen LogP contribution in [0.1, 0.15) is 23.0 Å². The second kappa shape index (κ2) is 4.50. The first-order valence-electron chi connectivity index (χ1n) is 4.16. The van der Waals surface area contributed by atoms with E-state index in [9.17, 15) is 9.59 Å². The zero-order chi connectivity index (χ0) is 10.6. The molecule has 4 heteroatoms. The summed E-state index contributed by atoms with van der Waals surface area (Å²) in [5, 5.41) is 0. The molecule has 0 aromatic carbocycles. The minimum atomic E-state index is -0.464. The number of hydrogen-bond acceptors (Lipinski definition) is 4. The van der Waals surface area contributed by atoms with Gasteiger partial charge >= 0.3 is 5.97 Å². The number of Topliss-reactive ketones (excluding diaryl/α,β-unsaturated/α-hetero) is 1. The topological polar surface area (TPSA) is 56.3 Å². The Morgan fingerprint density at radius 2 is 2.21 bits per heavy atom. The Bertz CT molecular complexity index is 360. The molecule has 0 saturated carbocycles. The fourth-order valence-electron chi connectivity index (χ4n) is 1.11. The molecular formula is C10H11NO3. The van der Waals surface area contributed by atoms with E-state index in [1.54, 1.807) is 18.3 Å². The number of ketones is 1. The summed E-state index contributed by atoms with van der Waals surface area (Å²) in [5.41, 5.74) is 0.817. The number of pyridine rings is 1. The number of hydrogen-bond donors (Lipinski definition) is 0. The van der Waals surface area contributed by atoms with Crippen molar-refractivity contribution in [3.8, 4) is 0 Å². The third-order valence-corrected chi connectivity index (χ3v) is 1.71. The van der Waals surface area contributed by atoms with Crippen molar-refractivity contribution in [3.63, 3.8) is 0 Å². The van der Waals surface area contributed by atoms with Gasteiger partial charge in [-0.2, -0.15) is 0 Å². The number of aromatic nitrogens is 1. The Morgan fingerprint density at radius 1 is 1.50 bits per heavy atom. The predicted molar refractivity (Wildman–Crippen MR) is 50.0 cm³/mol. The minimum Gasteiger partial charge on any atom is -0.465 e. The van der Waals surface area contributed by atoms with Crippen LogP contribution >= 0.6 is 0 Å². The summed E-state index contributed by atoms with van der Waals surface area (Å²) in [6.45, 7) is 1.45. The quantitative estimate of drug-likeness (QED) is 0.672. The Hall–Kier alpha value is -1.71. The standard InChI is InChI=1S/C10H11NO3/c1-7(12)6-9-8(10(13)14-2)4-3-5-11-9/h3-5H,6H2,1-2H3. The van der Waals surface area contributed by atoms with E-state index in [0.29, 0.717) is 11.3 Å². The predicted octanol–water partition coefficient (Wildman–Crippen LogP) is 1.000. The van der Waals surface area contributed by atoms with Crippen molar-refractivity contribution < 1.29 is 14.3 Å². The number of rotatable bonds is 3. The second-order valence-electron chi connectivity index (χ2n) is 2.87.